The van der Waals surface area contributed by atoms with E-state index < -0.39 is 36.1 Å². The van der Waals surface area contributed by atoms with Gasteiger partial charge in [0.05, 0.1) is 12.1 Å². The average Bonchev–Trinajstić information content (AvgIpc) is 2.60. The van der Waals surface area contributed by atoms with Crippen molar-refractivity contribution in [2.24, 2.45) is 11.8 Å². The van der Waals surface area contributed by atoms with Gasteiger partial charge in [0, 0.05) is 0 Å². The molecule has 2 unspecified atom stereocenters. The van der Waals surface area contributed by atoms with Crippen LogP contribution in [0.5, 0.6) is 0 Å². The van der Waals surface area contributed by atoms with E-state index >= 15 is 0 Å². The van der Waals surface area contributed by atoms with Crippen molar-refractivity contribution in [1.82, 2.24) is 21.3 Å². The summed E-state index contributed by atoms with van der Waals surface area (Å²) in [4.78, 5) is 44.9. The van der Waals surface area contributed by atoms with Crippen molar-refractivity contribution in [3.8, 4) is 0 Å². The summed E-state index contributed by atoms with van der Waals surface area (Å²) >= 11 is 0. The molecular weight excluding hydrogens is 392 g/mol. The highest BCUT2D eigenvalue weighted by atomic mass is 16.4. The summed E-state index contributed by atoms with van der Waals surface area (Å²) in [5.41, 5.74) is 0. The number of carbonyl (C=O) groups excluding carboxylic acids is 2. The van der Waals surface area contributed by atoms with Crippen molar-refractivity contribution < 1.29 is 29.4 Å². The molecule has 0 heterocycles. The third-order valence-corrected chi connectivity index (χ3v) is 4.69. The maximum absolute atomic E-state index is 11.8. The second-order valence-electron chi connectivity index (χ2n) is 8.06. The maximum Gasteiger partial charge on any atom is 0.411 e. The van der Waals surface area contributed by atoms with Crippen LogP contribution in [0.25, 0.3) is 0 Å². The third kappa shape index (κ3) is 13.1. The van der Waals surface area contributed by atoms with E-state index in [4.69, 9.17) is 10.2 Å². The first-order chi connectivity index (χ1) is 14.1. The number of amides is 4. The van der Waals surface area contributed by atoms with Crippen LogP contribution in [0.3, 0.4) is 0 Å². The molecule has 0 aromatic rings. The largest absolute Gasteiger partial charge is 0.465 e. The summed E-state index contributed by atoms with van der Waals surface area (Å²) in [6.07, 6.45) is 3.20. The van der Waals surface area contributed by atoms with Gasteiger partial charge in [-0.2, -0.15) is 0 Å². The summed E-state index contributed by atoms with van der Waals surface area (Å²) < 4.78 is 0. The lowest BCUT2D eigenvalue weighted by molar-refractivity contribution is -0.124. The zero-order chi connectivity index (χ0) is 23.1. The highest BCUT2D eigenvalue weighted by Crippen LogP contribution is 2.07. The Morgan fingerprint density at radius 3 is 1.17 bits per heavy atom. The van der Waals surface area contributed by atoms with Gasteiger partial charge in [0.1, 0.15) is 0 Å². The quantitative estimate of drug-likeness (QED) is 0.216. The van der Waals surface area contributed by atoms with Crippen LogP contribution in [-0.4, -0.2) is 59.4 Å². The molecule has 0 spiro atoms. The van der Waals surface area contributed by atoms with Crippen molar-refractivity contribution >= 4 is 24.0 Å². The monoisotopic (exact) mass is 430 g/mol. The van der Waals surface area contributed by atoms with Gasteiger partial charge in [0.2, 0.25) is 11.8 Å². The highest BCUT2D eigenvalue weighted by molar-refractivity contribution is 5.94. The third-order valence-electron chi connectivity index (χ3n) is 4.69. The summed E-state index contributed by atoms with van der Waals surface area (Å²) in [6.45, 7) is 8.74. The molecule has 10 heteroatoms. The molecule has 0 radical (unpaired) electrons. The van der Waals surface area contributed by atoms with Crippen molar-refractivity contribution in [3.63, 3.8) is 0 Å². The van der Waals surface area contributed by atoms with Gasteiger partial charge in [0.15, 0.2) is 0 Å². The Morgan fingerprint density at radius 1 is 0.600 bits per heavy atom. The Hall–Kier alpha value is -2.20. The van der Waals surface area contributed by atoms with E-state index in [-0.39, 0.29) is 11.8 Å². The Morgan fingerprint density at radius 2 is 0.900 bits per heavy atom. The normalized spacial score (nSPS) is 13.1. The molecule has 0 bridgehead atoms. The number of imide groups is 2. The standard InChI is InChI=1S/C20H38N4O6/c1-13(2)15(17(25)23-19(27)28)21-11-9-7-5-6-8-10-12-22-16(14(3)4)18(26)24-20(29)30/h13-16,21-22H,5-12H2,1-4H3,(H,23,25)(H,24,26)(H,27,28)(H,29,30). The Labute approximate surface area is 178 Å². The van der Waals surface area contributed by atoms with E-state index in [1.165, 1.54) is 0 Å². The van der Waals surface area contributed by atoms with Gasteiger partial charge < -0.3 is 20.8 Å². The lowest BCUT2D eigenvalue weighted by atomic mass is 10.0. The lowest BCUT2D eigenvalue weighted by Gasteiger charge is -2.20. The van der Waals surface area contributed by atoms with Crippen molar-refractivity contribution in [1.29, 1.82) is 0 Å². The van der Waals surface area contributed by atoms with Gasteiger partial charge in [-0.3, -0.25) is 20.2 Å². The summed E-state index contributed by atoms with van der Waals surface area (Å²) in [6, 6.07) is -1.06. The summed E-state index contributed by atoms with van der Waals surface area (Å²) in [7, 11) is 0. The van der Waals surface area contributed by atoms with Gasteiger partial charge in [-0.15, -0.1) is 0 Å². The number of hydrogen-bond donors (Lipinski definition) is 6. The molecule has 0 aliphatic heterocycles. The second-order valence-corrected chi connectivity index (χ2v) is 8.06. The van der Waals surface area contributed by atoms with Crippen LogP contribution >= 0.6 is 0 Å². The van der Waals surface area contributed by atoms with E-state index in [2.05, 4.69) is 10.6 Å². The van der Waals surface area contributed by atoms with Crippen LogP contribution in [0.15, 0.2) is 0 Å². The first-order valence-electron chi connectivity index (χ1n) is 10.6. The van der Waals surface area contributed by atoms with E-state index in [1.54, 1.807) is 0 Å². The van der Waals surface area contributed by atoms with Crippen LogP contribution in [0.2, 0.25) is 0 Å². The minimum atomic E-state index is -1.34. The number of carboxylic acid groups (broad SMARTS) is 2. The average molecular weight is 431 g/mol. The van der Waals surface area contributed by atoms with Crippen molar-refractivity contribution in [2.45, 2.75) is 78.3 Å². The number of hydrogen-bond acceptors (Lipinski definition) is 6. The zero-order valence-corrected chi connectivity index (χ0v) is 18.5. The lowest BCUT2D eigenvalue weighted by Crippen LogP contribution is -2.49. The van der Waals surface area contributed by atoms with Crippen LogP contribution in [0.1, 0.15) is 66.2 Å². The van der Waals surface area contributed by atoms with E-state index in [0.29, 0.717) is 13.1 Å². The van der Waals surface area contributed by atoms with Gasteiger partial charge in [-0.1, -0.05) is 53.4 Å². The Bertz CT molecular complexity index is 505. The van der Waals surface area contributed by atoms with Gasteiger partial charge in [0.25, 0.3) is 0 Å². The van der Waals surface area contributed by atoms with E-state index in [9.17, 15) is 19.2 Å². The summed E-state index contributed by atoms with van der Waals surface area (Å²) in [5.74, 6) is -1.07. The Balaban J connectivity index is 3.89. The molecule has 0 aromatic carbocycles. The number of rotatable bonds is 15. The molecule has 0 fully saturated rings. The molecule has 174 valence electrons. The number of carbonyl (C=O) groups is 4. The molecule has 0 aliphatic rings. The van der Waals surface area contributed by atoms with Crippen molar-refractivity contribution in [2.75, 3.05) is 13.1 Å². The molecule has 4 amide bonds. The van der Waals surface area contributed by atoms with Gasteiger partial charge in [-0.05, 0) is 37.8 Å². The number of unbranched alkanes of at least 4 members (excludes halogenated alkanes) is 5. The van der Waals surface area contributed by atoms with Crippen LogP contribution < -0.4 is 21.3 Å². The fourth-order valence-corrected chi connectivity index (χ4v) is 3.10. The van der Waals surface area contributed by atoms with Gasteiger partial charge >= 0.3 is 12.2 Å². The molecule has 0 saturated carbocycles. The topological polar surface area (TPSA) is 157 Å². The predicted molar refractivity (Wildman–Crippen MR) is 113 cm³/mol. The molecule has 2 atom stereocenters. The van der Waals surface area contributed by atoms with E-state index in [1.807, 2.05) is 38.3 Å². The smallest absolute Gasteiger partial charge is 0.411 e. The first kappa shape index (κ1) is 27.8. The molecule has 0 aromatic heterocycles. The molecule has 0 rings (SSSR count). The second kappa shape index (κ2) is 15.6. The fraction of sp³-hybridized carbons (Fsp3) is 0.800. The molecule has 6 N–H and O–H groups in total. The van der Waals surface area contributed by atoms with Crippen LogP contribution in [0.4, 0.5) is 9.59 Å². The molecular formula is C20H38N4O6. The zero-order valence-electron chi connectivity index (χ0n) is 18.5. The van der Waals surface area contributed by atoms with Crippen LogP contribution in [0, 0.1) is 11.8 Å². The molecule has 0 aliphatic carbocycles. The Kier molecular flexibility index (Phi) is 14.5. The molecule has 30 heavy (non-hydrogen) atoms. The summed E-state index contributed by atoms with van der Waals surface area (Å²) in [5, 5.41) is 27.3. The van der Waals surface area contributed by atoms with Crippen LogP contribution in [-0.2, 0) is 9.59 Å². The molecule has 10 nitrogen and oxygen atoms in total. The predicted octanol–water partition coefficient (Wildman–Crippen LogP) is 2.14. The van der Waals surface area contributed by atoms with Gasteiger partial charge in [-0.25, -0.2) is 9.59 Å². The number of nitrogens with one attached hydrogen (secondary N) is 4. The molecule has 0 saturated heterocycles. The first-order valence-corrected chi connectivity index (χ1v) is 10.6. The SMILES string of the molecule is CC(C)C(NCCCCCCCCNC(C(=O)NC(=O)O)C(C)C)C(=O)NC(=O)O. The fourth-order valence-electron chi connectivity index (χ4n) is 3.10. The van der Waals surface area contributed by atoms with E-state index in [0.717, 1.165) is 38.5 Å². The van der Waals surface area contributed by atoms with Crippen molar-refractivity contribution in [3.05, 3.63) is 0 Å². The highest BCUT2D eigenvalue weighted by Gasteiger charge is 2.23. The minimum absolute atomic E-state index is 0.0101. The minimum Gasteiger partial charge on any atom is -0.465 e. The maximum atomic E-state index is 11.8.